The highest BCUT2D eigenvalue weighted by atomic mass is 79.9. The third-order valence-electron chi connectivity index (χ3n) is 1.79. The van der Waals surface area contributed by atoms with Gasteiger partial charge in [-0.15, -0.1) is 0 Å². The average Bonchev–Trinajstić information content (AvgIpc) is 2.14. The fraction of sp³-hybridized carbons (Fsp3) is 0.417. The van der Waals surface area contributed by atoms with Crippen LogP contribution in [0.5, 0.6) is 0 Å². The van der Waals surface area contributed by atoms with E-state index in [1.807, 2.05) is 18.2 Å². The predicted octanol–water partition coefficient (Wildman–Crippen LogP) is 3.25. The van der Waals surface area contributed by atoms with Crippen molar-refractivity contribution >= 4 is 22.0 Å². The molecule has 0 radical (unpaired) electrons. The Bertz CT molecular complexity index is 322. The Kier molecular flexibility index (Phi) is 4.48. The lowest BCUT2D eigenvalue weighted by molar-refractivity contribution is 0.450. The van der Waals surface area contributed by atoms with E-state index in [1.165, 1.54) is 0 Å². The summed E-state index contributed by atoms with van der Waals surface area (Å²) in [4.78, 5) is 4.25. The molecule has 0 saturated heterocycles. The van der Waals surface area contributed by atoms with Crippen LogP contribution in [0.4, 0.5) is 0 Å². The summed E-state index contributed by atoms with van der Waals surface area (Å²) in [5.74, 6) is 0. The third kappa shape index (κ3) is 5.70. The molecule has 1 aromatic rings. The van der Waals surface area contributed by atoms with E-state index in [1.54, 1.807) is 6.20 Å². The molecule has 0 aliphatic rings. The van der Waals surface area contributed by atoms with Gasteiger partial charge in [0.2, 0.25) is 0 Å². The number of nitrogens with zero attached hydrogens (tertiary/aromatic N) is 1. The van der Waals surface area contributed by atoms with Gasteiger partial charge < -0.3 is 5.32 Å². The Hall–Kier alpha value is -0.670. The van der Waals surface area contributed by atoms with E-state index in [0.29, 0.717) is 0 Å². The molecule has 0 atom stereocenters. The molecule has 0 saturated carbocycles. The molecule has 0 unspecified atom stereocenters. The van der Waals surface area contributed by atoms with Crippen molar-refractivity contribution in [1.29, 1.82) is 0 Å². The summed E-state index contributed by atoms with van der Waals surface area (Å²) in [6.07, 6.45) is 5.91. The zero-order chi connectivity index (χ0) is 11.3. The molecule has 1 N–H and O–H groups in total. The second kappa shape index (κ2) is 5.42. The van der Waals surface area contributed by atoms with E-state index in [4.69, 9.17) is 0 Å². The van der Waals surface area contributed by atoms with Gasteiger partial charge in [-0.25, -0.2) is 0 Å². The molecule has 15 heavy (non-hydrogen) atoms. The number of aromatic nitrogens is 1. The fourth-order valence-electron chi connectivity index (χ4n) is 1.03. The summed E-state index contributed by atoms with van der Waals surface area (Å²) in [5, 5.41) is 3.38. The van der Waals surface area contributed by atoms with Gasteiger partial charge in [0.05, 0.1) is 5.69 Å². The van der Waals surface area contributed by atoms with Crippen LogP contribution in [0, 0.1) is 0 Å². The third-order valence-corrected chi connectivity index (χ3v) is 2.26. The van der Waals surface area contributed by atoms with Crippen molar-refractivity contribution in [2.75, 3.05) is 6.54 Å². The monoisotopic (exact) mass is 268 g/mol. The number of halogens is 1. The Morgan fingerprint density at radius 2 is 2.13 bits per heavy atom. The normalized spacial score (nSPS) is 12.3. The average molecular weight is 269 g/mol. The molecular formula is C12H17BrN2. The highest BCUT2D eigenvalue weighted by Crippen LogP contribution is 2.08. The molecule has 0 bridgehead atoms. The van der Waals surface area contributed by atoms with E-state index in [2.05, 4.69) is 53.1 Å². The van der Waals surface area contributed by atoms with Crippen LogP contribution < -0.4 is 5.32 Å². The molecule has 0 spiro atoms. The lowest BCUT2D eigenvalue weighted by Crippen LogP contribution is -2.35. The van der Waals surface area contributed by atoms with Gasteiger partial charge >= 0.3 is 0 Å². The van der Waals surface area contributed by atoms with Gasteiger partial charge in [0, 0.05) is 22.8 Å². The minimum Gasteiger partial charge on any atom is -0.309 e. The first kappa shape index (κ1) is 12.4. The van der Waals surface area contributed by atoms with Gasteiger partial charge in [-0.05, 0) is 54.9 Å². The number of nitrogens with one attached hydrogen (secondary N) is 1. The van der Waals surface area contributed by atoms with Crippen LogP contribution in [0.25, 0.3) is 6.08 Å². The Morgan fingerprint density at radius 1 is 1.40 bits per heavy atom. The number of hydrogen-bond acceptors (Lipinski definition) is 2. The predicted molar refractivity (Wildman–Crippen MR) is 68.7 cm³/mol. The number of rotatable bonds is 3. The zero-order valence-electron chi connectivity index (χ0n) is 9.42. The lowest BCUT2D eigenvalue weighted by atomic mass is 10.1. The van der Waals surface area contributed by atoms with E-state index in [0.717, 1.165) is 16.7 Å². The molecule has 0 amide bonds. The molecule has 0 aromatic carbocycles. The SMILES string of the molecule is CC(C)(C)NC/C=C/c1ccc(Br)cn1. The highest BCUT2D eigenvalue weighted by Gasteiger charge is 2.05. The molecule has 0 fully saturated rings. The van der Waals surface area contributed by atoms with E-state index < -0.39 is 0 Å². The van der Waals surface area contributed by atoms with Crippen molar-refractivity contribution in [3.8, 4) is 0 Å². The first-order valence-corrected chi connectivity index (χ1v) is 5.80. The van der Waals surface area contributed by atoms with Gasteiger partial charge in [-0.2, -0.15) is 0 Å². The maximum absolute atomic E-state index is 4.25. The maximum atomic E-state index is 4.25. The maximum Gasteiger partial charge on any atom is 0.0627 e. The van der Waals surface area contributed by atoms with Gasteiger partial charge in [0.1, 0.15) is 0 Å². The minimum atomic E-state index is 0.164. The van der Waals surface area contributed by atoms with Gasteiger partial charge in [-0.3, -0.25) is 4.98 Å². The van der Waals surface area contributed by atoms with Crippen LogP contribution in [-0.2, 0) is 0 Å². The van der Waals surface area contributed by atoms with Crippen molar-refractivity contribution in [2.45, 2.75) is 26.3 Å². The number of pyridine rings is 1. The van der Waals surface area contributed by atoms with Crippen LogP contribution in [-0.4, -0.2) is 17.1 Å². The first-order chi connectivity index (χ1) is 6.97. The first-order valence-electron chi connectivity index (χ1n) is 5.00. The molecule has 1 heterocycles. The van der Waals surface area contributed by atoms with Crippen molar-refractivity contribution in [3.05, 3.63) is 34.6 Å². The quantitative estimate of drug-likeness (QED) is 0.911. The fourth-order valence-corrected chi connectivity index (χ4v) is 1.27. The van der Waals surface area contributed by atoms with E-state index in [9.17, 15) is 0 Å². The summed E-state index contributed by atoms with van der Waals surface area (Å²) in [7, 11) is 0. The van der Waals surface area contributed by atoms with Crippen LogP contribution >= 0.6 is 15.9 Å². The molecule has 0 aliphatic heterocycles. The minimum absolute atomic E-state index is 0.164. The summed E-state index contributed by atoms with van der Waals surface area (Å²) in [5.41, 5.74) is 1.14. The second-order valence-electron chi connectivity index (χ2n) is 4.43. The van der Waals surface area contributed by atoms with Gasteiger partial charge in [-0.1, -0.05) is 6.08 Å². The largest absolute Gasteiger partial charge is 0.309 e. The molecule has 82 valence electrons. The molecule has 2 nitrogen and oxygen atoms in total. The zero-order valence-corrected chi connectivity index (χ0v) is 11.0. The topological polar surface area (TPSA) is 24.9 Å². The Labute approximate surface area is 99.9 Å². The highest BCUT2D eigenvalue weighted by molar-refractivity contribution is 9.10. The van der Waals surface area contributed by atoms with E-state index in [-0.39, 0.29) is 5.54 Å². The standard InChI is InChI=1S/C12H17BrN2/c1-12(2,3)15-8-4-5-11-7-6-10(13)9-14-11/h4-7,9,15H,8H2,1-3H3/b5-4+. The Morgan fingerprint density at radius 3 is 2.67 bits per heavy atom. The van der Waals surface area contributed by atoms with Crippen molar-refractivity contribution in [1.82, 2.24) is 10.3 Å². The summed E-state index contributed by atoms with van der Waals surface area (Å²) in [6, 6.07) is 3.97. The van der Waals surface area contributed by atoms with Crippen LogP contribution in [0.3, 0.4) is 0 Å². The van der Waals surface area contributed by atoms with E-state index >= 15 is 0 Å². The van der Waals surface area contributed by atoms with Gasteiger partial charge in [0.15, 0.2) is 0 Å². The lowest BCUT2D eigenvalue weighted by Gasteiger charge is -2.18. The molecule has 1 rings (SSSR count). The van der Waals surface area contributed by atoms with Crippen LogP contribution in [0.1, 0.15) is 26.5 Å². The summed E-state index contributed by atoms with van der Waals surface area (Å²) in [6.45, 7) is 7.32. The molecular weight excluding hydrogens is 252 g/mol. The molecule has 0 aliphatic carbocycles. The van der Waals surface area contributed by atoms with Crippen molar-refractivity contribution < 1.29 is 0 Å². The van der Waals surface area contributed by atoms with Crippen LogP contribution in [0.2, 0.25) is 0 Å². The van der Waals surface area contributed by atoms with Crippen molar-refractivity contribution in [2.24, 2.45) is 0 Å². The van der Waals surface area contributed by atoms with Gasteiger partial charge in [0.25, 0.3) is 0 Å². The second-order valence-corrected chi connectivity index (χ2v) is 5.35. The molecule has 1 aromatic heterocycles. The Balaban J connectivity index is 2.42. The molecule has 3 heteroatoms. The van der Waals surface area contributed by atoms with Crippen molar-refractivity contribution in [3.63, 3.8) is 0 Å². The smallest absolute Gasteiger partial charge is 0.0627 e. The summed E-state index contributed by atoms with van der Waals surface area (Å²) >= 11 is 3.35. The summed E-state index contributed by atoms with van der Waals surface area (Å²) < 4.78 is 1.01. The van der Waals surface area contributed by atoms with Crippen LogP contribution in [0.15, 0.2) is 28.9 Å². The number of hydrogen-bond donors (Lipinski definition) is 1.